The Balaban J connectivity index is 2.02. The van der Waals surface area contributed by atoms with Crippen molar-refractivity contribution < 1.29 is 33.3 Å². The molecule has 3 rings (SSSR count). The lowest BCUT2D eigenvalue weighted by molar-refractivity contribution is -0.166. The summed E-state index contributed by atoms with van der Waals surface area (Å²) in [5.41, 5.74) is -0.223. The number of rotatable bonds is 5. The highest BCUT2D eigenvalue weighted by Crippen LogP contribution is 2.35. The first-order valence-electron chi connectivity index (χ1n) is 8.31. The highest BCUT2D eigenvalue weighted by atomic mass is 16.7. The molecule has 28 heavy (non-hydrogen) atoms. The number of fused-ring (bicyclic) bond motifs is 1. The molecule has 0 amide bonds. The van der Waals surface area contributed by atoms with E-state index >= 15 is 0 Å². The Hall–Kier alpha value is -3.28. The first-order valence-corrected chi connectivity index (χ1v) is 8.31. The zero-order chi connectivity index (χ0) is 20.4. The van der Waals surface area contributed by atoms with E-state index < -0.39 is 48.0 Å². The zero-order valence-corrected chi connectivity index (χ0v) is 15.3. The van der Waals surface area contributed by atoms with E-state index in [0.717, 1.165) is 0 Å². The minimum atomic E-state index is -1.08. The smallest absolute Gasteiger partial charge is 0.303 e. The monoisotopic (exact) mass is 394 g/mol. The molecule has 3 heterocycles. The van der Waals surface area contributed by atoms with Crippen molar-refractivity contribution in [1.82, 2.24) is 19.5 Å². The van der Waals surface area contributed by atoms with Gasteiger partial charge in [0, 0.05) is 20.8 Å². The maximum absolute atomic E-state index is 11.9. The molecule has 0 unspecified atom stereocenters. The van der Waals surface area contributed by atoms with E-state index in [1.807, 2.05) is 0 Å². The lowest BCUT2D eigenvalue weighted by Crippen LogP contribution is -2.40. The molecule has 1 N–H and O–H groups in total. The number of aromatic amines is 1. The molecule has 1 fully saturated rings. The summed E-state index contributed by atoms with van der Waals surface area (Å²) >= 11 is 0. The zero-order valence-electron chi connectivity index (χ0n) is 15.3. The van der Waals surface area contributed by atoms with Crippen LogP contribution in [0.3, 0.4) is 0 Å². The van der Waals surface area contributed by atoms with Crippen molar-refractivity contribution in [1.29, 1.82) is 0 Å². The molecule has 0 bridgehead atoms. The van der Waals surface area contributed by atoms with E-state index in [9.17, 15) is 19.2 Å². The van der Waals surface area contributed by atoms with Gasteiger partial charge in [-0.1, -0.05) is 0 Å². The summed E-state index contributed by atoms with van der Waals surface area (Å²) in [6.07, 6.45) is -1.58. The van der Waals surface area contributed by atoms with Crippen LogP contribution in [-0.2, 0) is 33.3 Å². The third kappa shape index (κ3) is 3.86. The summed E-state index contributed by atoms with van der Waals surface area (Å²) in [4.78, 5) is 56.8. The van der Waals surface area contributed by atoms with E-state index in [0.29, 0.717) is 0 Å². The molecular weight excluding hydrogens is 376 g/mol. The van der Waals surface area contributed by atoms with Crippen LogP contribution in [0.5, 0.6) is 0 Å². The number of imidazole rings is 1. The molecular formula is C16H18N4O8. The lowest BCUT2D eigenvalue weighted by atomic mass is 10.1. The van der Waals surface area contributed by atoms with Crippen molar-refractivity contribution in [2.45, 2.75) is 45.3 Å². The van der Waals surface area contributed by atoms with Gasteiger partial charge in [0.05, 0.1) is 12.7 Å². The second-order valence-electron chi connectivity index (χ2n) is 6.07. The van der Waals surface area contributed by atoms with Crippen LogP contribution in [0.2, 0.25) is 0 Å². The number of aromatic nitrogens is 4. The maximum atomic E-state index is 11.9. The van der Waals surface area contributed by atoms with Gasteiger partial charge in [0.15, 0.2) is 29.6 Å². The van der Waals surface area contributed by atoms with E-state index in [1.165, 1.54) is 38.0 Å². The third-order valence-corrected chi connectivity index (χ3v) is 3.98. The molecule has 150 valence electrons. The summed E-state index contributed by atoms with van der Waals surface area (Å²) < 4.78 is 22.8. The summed E-state index contributed by atoms with van der Waals surface area (Å²) in [5.74, 6) is -1.83. The van der Waals surface area contributed by atoms with E-state index in [1.54, 1.807) is 0 Å². The molecule has 12 heteroatoms. The van der Waals surface area contributed by atoms with E-state index in [-0.39, 0.29) is 17.8 Å². The number of nitrogens with zero attached hydrogens (tertiary/aromatic N) is 3. The molecule has 4 atom stereocenters. The fourth-order valence-corrected chi connectivity index (χ4v) is 2.97. The molecule has 0 aromatic carbocycles. The van der Waals surface area contributed by atoms with Crippen molar-refractivity contribution in [2.24, 2.45) is 0 Å². The van der Waals surface area contributed by atoms with Crippen molar-refractivity contribution in [3.8, 4) is 0 Å². The first kappa shape index (κ1) is 19.5. The Labute approximate surface area is 157 Å². The normalized spacial score (nSPS) is 24.1. The summed E-state index contributed by atoms with van der Waals surface area (Å²) in [6, 6.07) is 0. The van der Waals surface area contributed by atoms with Crippen molar-refractivity contribution in [2.75, 3.05) is 6.61 Å². The fourth-order valence-electron chi connectivity index (χ4n) is 2.97. The Morgan fingerprint density at radius 1 is 1.11 bits per heavy atom. The number of hydrogen-bond donors (Lipinski definition) is 1. The number of carbonyl (C=O) groups excluding carboxylic acids is 3. The van der Waals surface area contributed by atoms with Gasteiger partial charge in [-0.25, -0.2) is 9.97 Å². The molecule has 12 nitrogen and oxygen atoms in total. The molecule has 1 aliphatic heterocycles. The van der Waals surface area contributed by atoms with Gasteiger partial charge in [-0.05, 0) is 0 Å². The molecule has 0 aliphatic carbocycles. The Kier molecular flexibility index (Phi) is 5.40. The number of nitrogens with one attached hydrogen (secondary N) is 1. The number of H-pyrrole nitrogens is 1. The van der Waals surface area contributed by atoms with Crippen molar-refractivity contribution in [3.63, 3.8) is 0 Å². The highest BCUT2D eigenvalue weighted by Gasteiger charge is 2.51. The van der Waals surface area contributed by atoms with Crippen LogP contribution < -0.4 is 5.56 Å². The largest absolute Gasteiger partial charge is 0.463 e. The topological polar surface area (TPSA) is 152 Å². The molecule has 2 aromatic rings. The van der Waals surface area contributed by atoms with Gasteiger partial charge >= 0.3 is 17.9 Å². The number of carbonyl (C=O) groups is 3. The Bertz CT molecular complexity index is 967. The van der Waals surface area contributed by atoms with Gasteiger partial charge in [0.25, 0.3) is 5.56 Å². The lowest BCUT2D eigenvalue weighted by Gasteiger charge is -2.23. The van der Waals surface area contributed by atoms with E-state index in [2.05, 4.69) is 15.0 Å². The molecule has 0 radical (unpaired) electrons. The minimum absolute atomic E-state index is 0.0557. The molecule has 1 saturated heterocycles. The van der Waals surface area contributed by atoms with Crippen molar-refractivity contribution >= 4 is 29.1 Å². The van der Waals surface area contributed by atoms with Gasteiger partial charge in [-0.2, -0.15) is 0 Å². The minimum Gasteiger partial charge on any atom is -0.463 e. The molecule has 1 aliphatic rings. The van der Waals surface area contributed by atoms with Crippen LogP contribution in [0.25, 0.3) is 11.2 Å². The van der Waals surface area contributed by atoms with Crippen LogP contribution in [0, 0.1) is 0 Å². The molecule has 2 aromatic heterocycles. The average Bonchev–Trinajstić information content (AvgIpc) is 3.16. The first-order chi connectivity index (χ1) is 13.3. The molecule has 0 spiro atoms. The van der Waals surface area contributed by atoms with Crippen molar-refractivity contribution in [3.05, 3.63) is 23.0 Å². The van der Waals surface area contributed by atoms with Gasteiger partial charge in [0.1, 0.15) is 12.7 Å². The average molecular weight is 394 g/mol. The van der Waals surface area contributed by atoms with Gasteiger partial charge < -0.3 is 23.9 Å². The predicted octanol–water partition coefficient (Wildman–Crippen LogP) is -0.556. The summed E-state index contributed by atoms with van der Waals surface area (Å²) in [6.45, 7) is 3.36. The van der Waals surface area contributed by atoms with Crippen LogP contribution in [0.15, 0.2) is 17.4 Å². The van der Waals surface area contributed by atoms with Crippen LogP contribution in [0.4, 0.5) is 0 Å². The standard InChI is InChI=1S/C16H18N4O8/c1-7(21)25-4-10-12(26-8(2)22)13(27-9(3)23)16(28-10)20-6-19-11-14(20)17-5-18-15(11)24/h5-6,10,12-13,16H,4H2,1-3H3,(H,17,18,24)/t10-,12-,13+,16-/m1/s1. The SMILES string of the molecule is CC(=O)OC[C@H]1O[C@@H](n2cnc3c(=O)[nH]cnc32)[C@@H](OC(C)=O)[C@@H]1OC(C)=O. The van der Waals surface area contributed by atoms with Gasteiger partial charge in [0.2, 0.25) is 0 Å². The Morgan fingerprint density at radius 2 is 1.79 bits per heavy atom. The van der Waals surface area contributed by atoms with E-state index in [4.69, 9.17) is 18.9 Å². The number of esters is 3. The third-order valence-electron chi connectivity index (χ3n) is 3.98. The second-order valence-corrected chi connectivity index (χ2v) is 6.07. The van der Waals surface area contributed by atoms with Gasteiger partial charge in [-0.15, -0.1) is 0 Å². The highest BCUT2D eigenvalue weighted by molar-refractivity contribution is 5.70. The summed E-state index contributed by atoms with van der Waals surface area (Å²) in [5, 5.41) is 0. The number of hydrogen-bond acceptors (Lipinski definition) is 10. The Morgan fingerprint density at radius 3 is 2.43 bits per heavy atom. The number of ether oxygens (including phenoxy) is 4. The second kappa shape index (κ2) is 7.76. The van der Waals surface area contributed by atoms with Crippen LogP contribution in [0.1, 0.15) is 27.0 Å². The van der Waals surface area contributed by atoms with Gasteiger partial charge in [-0.3, -0.25) is 23.7 Å². The molecule has 0 saturated carbocycles. The van der Waals surface area contributed by atoms with Crippen LogP contribution >= 0.6 is 0 Å². The van der Waals surface area contributed by atoms with Crippen LogP contribution in [-0.4, -0.2) is 62.3 Å². The maximum Gasteiger partial charge on any atom is 0.303 e. The fraction of sp³-hybridized carbons (Fsp3) is 0.500. The quantitative estimate of drug-likeness (QED) is 0.516. The summed E-state index contributed by atoms with van der Waals surface area (Å²) in [7, 11) is 0. The predicted molar refractivity (Wildman–Crippen MR) is 89.8 cm³/mol.